The second-order valence-corrected chi connectivity index (χ2v) is 12.7. The van der Waals surface area contributed by atoms with Crippen molar-refractivity contribution in [2.75, 3.05) is 19.3 Å². The molecule has 34 heavy (non-hydrogen) atoms. The Morgan fingerprint density at radius 1 is 1.24 bits per heavy atom. The van der Waals surface area contributed by atoms with Crippen LogP contribution < -0.4 is 4.74 Å². The minimum absolute atomic E-state index is 0.0197. The van der Waals surface area contributed by atoms with E-state index in [1.807, 2.05) is 22.9 Å². The van der Waals surface area contributed by atoms with Crippen LogP contribution >= 0.6 is 27.5 Å². The van der Waals surface area contributed by atoms with Crippen LogP contribution in [0.25, 0.3) is 11.0 Å². The van der Waals surface area contributed by atoms with E-state index < -0.39 is 10.0 Å². The summed E-state index contributed by atoms with van der Waals surface area (Å²) in [5.41, 5.74) is 2.58. The number of ether oxygens (including phenoxy) is 1. The molecule has 0 N–H and O–H groups in total. The van der Waals surface area contributed by atoms with E-state index in [-0.39, 0.29) is 12.1 Å². The highest BCUT2D eigenvalue weighted by atomic mass is 79.9. The van der Waals surface area contributed by atoms with Gasteiger partial charge in [0.25, 0.3) is 0 Å². The Labute approximate surface area is 211 Å². The number of halogens is 2. The normalized spacial score (nSPS) is 23.3. The highest BCUT2D eigenvalue weighted by Gasteiger charge is 2.46. The lowest BCUT2D eigenvalue weighted by molar-refractivity contribution is 0.173. The van der Waals surface area contributed by atoms with Crippen molar-refractivity contribution in [1.29, 1.82) is 0 Å². The lowest BCUT2D eigenvalue weighted by Gasteiger charge is -2.32. The molecule has 0 amide bonds. The van der Waals surface area contributed by atoms with Gasteiger partial charge in [0.15, 0.2) is 0 Å². The lowest BCUT2D eigenvalue weighted by atomic mass is 10.2. The fraction of sp³-hybridized carbons (Fsp3) is 0.500. The van der Waals surface area contributed by atoms with Gasteiger partial charge in [0.1, 0.15) is 11.3 Å². The first-order valence-electron chi connectivity index (χ1n) is 11.3. The van der Waals surface area contributed by atoms with Gasteiger partial charge in [-0.05, 0) is 59.3 Å². The number of hydrogen-bond donors (Lipinski definition) is 0. The highest BCUT2D eigenvalue weighted by molar-refractivity contribution is 9.10. The van der Waals surface area contributed by atoms with Gasteiger partial charge in [-0.1, -0.05) is 16.8 Å². The van der Waals surface area contributed by atoms with Gasteiger partial charge in [-0.2, -0.15) is 4.31 Å². The first-order chi connectivity index (χ1) is 16.3. The van der Waals surface area contributed by atoms with Crippen LogP contribution in [-0.4, -0.2) is 69.0 Å². The molecule has 2 aliphatic heterocycles. The van der Waals surface area contributed by atoms with Gasteiger partial charge < -0.3 is 4.74 Å². The van der Waals surface area contributed by atoms with E-state index in [2.05, 4.69) is 36.1 Å². The minimum Gasteiger partial charge on any atom is -0.437 e. The molecule has 3 fully saturated rings. The number of aromatic nitrogens is 4. The molecule has 180 valence electrons. The van der Waals surface area contributed by atoms with E-state index in [1.165, 1.54) is 19.1 Å². The van der Waals surface area contributed by atoms with Gasteiger partial charge >= 0.3 is 0 Å². The van der Waals surface area contributed by atoms with Gasteiger partial charge in [-0.3, -0.25) is 4.90 Å². The Morgan fingerprint density at radius 3 is 2.76 bits per heavy atom. The van der Waals surface area contributed by atoms with Gasteiger partial charge in [0.2, 0.25) is 15.9 Å². The first-order valence-corrected chi connectivity index (χ1v) is 14.3. The van der Waals surface area contributed by atoms with Gasteiger partial charge in [0.05, 0.1) is 21.3 Å². The summed E-state index contributed by atoms with van der Waals surface area (Å²) < 4.78 is 34.6. The van der Waals surface area contributed by atoms with Crippen molar-refractivity contribution in [2.45, 2.75) is 44.4 Å². The third kappa shape index (κ3) is 4.21. The van der Waals surface area contributed by atoms with Crippen molar-refractivity contribution >= 4 is 48.6 Å². The molecule has 0 unspecified atom stereocenters. The van der Waals surface area contributed by atoms with E-state index >= 15 is 0 Å². The highest BCUT2D eigenvalue weighted by Crippen LogP contribution is 2.39. The topological polar surface area (TPSA) is 93.5 Å². The maximum atomic E-state index is 12.0. The van der Waals surface area contributed by atoms with E-state index in [9.17, 15) is 8.42 Å². The molecule has 9 nitrogen and oxygen atoms in total. The summed E-state index contributed by atoms with van der Waals surface area (Å²) >= 11 is 9.92. The number of nitrogens with zero attached hydrogens (tertiary/aromatic N) is 6. The minimum atomic E-state index is -3.18. The smallest absolute Gasteiger partial charge is 0.223 e. The van der Waals surface area contributed by atoms with Crippen LogP contribution in [-0.2, 0) is 23.1 Å². The number of likely N-dealkylation sites (tertiary alicyclic amines) is 1. The van der Waals surface area contributed by atoms with Crippen LogP contribution in [0.2, 0.25) is 5.02 Å². The van der Waals surface area contributed by atoms with E-state index in [0.717, 1.165) is 34.0 Å². The number of pyridine rings is 1. The Balaban J connectivity index is 1.24. The molecular weight excluding hydrogens is 544 g/mol. The summed E-state index contributed by atoms with van der Waals surface area (Å²) in [6.07, 6.45) is 6.19. The predicted octanol–water partition coefficient (Wildman–Crippen LogP) is 3.66. The Hall–Kier alpha value is -1.79. The van der Waals surface area contributed by atoms with Crippen molar-refractivity contribution in [2.24, 2.45) is 5.92 Å². The quantitative estimate of drug-likeness (QED) is 0.430. The van der Waals surface area contributed by atoms with Crippen LogP contribution in [0.4, 0.5) is 0 Å². The summed E-state index contributed by atoms with van der Waals surface area (Å²) in [6, 6.07) is 5.94. The molecule has 1 aromatic carbocycles. The molecule has 3 aromatic rings. The van der Waals surface area contributed by atoms with Gasteiger partial charge in [-0.25, -0.2) is 18.1 Å². The molecule has 3 aliphatic rings. The van der Waals surface area contributed by atoms with E-state index in [0.29, 0.717) is 42.2 Å². The number of benzene rings is 1. The molecule has 12 heteroatoms. The standard InChI is InChI=1S/C22H24BrClN6O3S/c1-34(31,32)30-12-16-7-17(30)11-28(16)10-14-6-15(24)8-25-22(14)33-19-5-4-18-21(20(19)23)26-27-29(18)9-13-2-3-13/h4-6,8,13,16-17H,2-3,7,9-12H2,1H3/t16-,17-/m0/s1. The lowest BCUT2D eigenvalue weighted by Crippen LogP contribution is -2.47. The Kier molecular flexibility index (Phi) is 5.60. The fourth-order valence-corrected chi connectivity index (χ4v) is 6.87. The second-order valence-electron chi connectivity index (χ2n) is 9.49. The molecule has 2 bridgehead atoms. The first kappa shape index (κ1) is 22.7. The van der Waals surface area contributed by atoms with Crippen molar-refractivity contribution in [3.8, 4) is 11.6 Å². The molecule has 6 rings (SSSR count). The SMILES string of the molecule is CS(=O)(=O)N1C[C@@H]2C[C@H]1CN2Cc1cc(Cl)cnc1Oc1ccc2c(nnn2CC2CC2)c1Br. The summed E-state index contributed by atoms with van der Waals surface area (Å²) in [7, 11) is -3.18. The number of rotatable bonds is 7. The third-order valence-electron chi connectivity index (χ3n) is 6.92. The second kappa shape index (κ2) is 8.41. The Bertz CT molecular complexity index is 1380. The van der Waals surface area contributed by atoms with Crippen molar-refractivity contribution in [3.63, 3.8) is 0 Å². The maximum Gasteiger partial charge on any atom is 0.223 e. The van der Waals surface area contributed by atoms with Crippen molar-refractivity contribution in [1.82, 2.24) is 29.2 Å². The zero-order valence-electron chi connectivity index (χ0n) is 18.6. The number of sulfonamides is 1. The molecule has 0 radical (unpaired) electrons. The molecule has 4 heterocycles. The largest absolute Gasteiger partial charge is 0.437 e. The maximum absolute atomic E-state index is 12.0. The molecule has 2 atom stereocenters. The van der Waals surface area contributed by atoms with Gasteiger partial charge in [0, 0.05) is 50.0 Å². The number of hydrogen-bond acceptors (Lipinski definition) is 7. The van der Waals surface area contributed by atoms with Crippen LogP contribution in [0.3, 0.4) is 0 Å². The van der Waals surface area contributed by atoms with E-state index in [1.54, 1.807) is 10.5 Å². The predicted molar refractivity (Wildman–Crippen MR) is 131 cm³/mol. The zero-order chi connectivity index (χ0) is 23.6. The molecule has 2 aromatic heterocycles. The summed E-state index contributed by atoms with van der Waals surface area (Å²) in [4.78, 5) is 6.74. The number of fused-ring (bicyclic) bond motifs is 3. The van der Waals surface area contributed by atoms with Crippen molar-refractivity contribution < 1.29 is 13.2 Å². The van der Waals surface area contributed by atoms with Crippen LogP contribution in [0.15, 0.2) is 28.9 Å². The molecule has 1 saturated carbocycles. The number of piperazine rings is 1. The monoisotopic (exact) mass is 566 g/mol. The fourth-order valence-electron chi connectivity index (χ4n) is 5.05. The summed E-state index contributed by atoms with van der Waals surface area (Å²) in [5, 5.41) is 9.21. The molecular formula is C22H24BrClN6O3S. The molecule has 0 spiro atoms. The van der Waals surface area contributed by atoms with Crippen LogP contribution in [0.5, 0.6) is 11.6 Å². The third-order valence-corrected chi connectivity index (χ3v) is 9.19. The molecule has 1 aliphatic carbocycles. The Morgan fingerprint density at radius 2 is 2.06 bits per heavy atom. The average molecular weight is 568 g/mol. The van der Waals surface area contributed by atoms with Crippen LogP contribution in [0, 0.1) is 5.92 Å². The van der Waals surface area contributed by atoms with Crippen molar-refractivity contribution in [3.05, 3.63) is 39.5 Å². The van der Waals surface area contributed by atoms with Crippen LogP contribution in [0.1, 0.15) is 24.8 Å². The average Bonchev–Trinajstić information content (AvgIpc) is 3.17. The van der Waals surface area contributed by atoms with Gasteiger partial charge in [-0.15, -0.1) is 5.10 Å². The zero-order valence-corrected chi connectivity index (χ0v) is 21.7. The van der Waals surface area contributed by atoms with E-state index in [4.69, 9.17) is 16.3 Å². The molecule has 2 saturated heterocycles. The summed E-state index contributed by atoms with van der Waals surface area (Å²) in [5.74, 6) is 1.77. The summed E-state index contributed by atoms with van der Waals surface area (Å²) in [6.45, 7) is 2.68.